The second-order valence-electron chi connectivity index (χ2n) is 10.8. The molecule has 2 heterocycles. The number of benzene rings is 1. The molecule has 160 valence electrons. The van der Waals surface area contributed by atoms with Crippen LogP contribution >= 0.6 is 0 Å². The predicted octanol–water partition coefficient (Wildman–Crippen LogP) is 2.97. The van der Waals surface area contributed by atoms with E-state index in [0.717, 1.165) is 24.0 Å². The fourth-order valence-corrected chi connectivity index (χ4v) is 7.35. The molecular formula is C24H29NO5. The number of piperidine rings is 1. The summed E-state index contributed by atoms with van der Waals surface area (Å²) in [5.74, 6) is 1.78. The topological polar surface area (TPSA) is 78.8 Å². The number of ether oxygens (including phenoxy) is 2. The Bertz CT molecular complexity index is 955. The SMILES string of the molecule is O=C1CC[C@@]2(OCC3CC3)[C@H]3Cc4ccc(O)c5c4[C@@]2(CC[N+]3([O-])CC2CC2)C1O5. The van der Waals surface area contributed by atoms with Crippen molar-refractivity contribution >= 4 is 5.78 Å². The van der Waals surface area contributed by atoms with Crippen molar-refractivity contribution in [3.8, 4) is 11.5 Å². The van der Waals surface area contributed by atoms with E-state index in [1.807, 2.05) is 6.07 Å². The van der Waals surface area contributed by atoms with E-state index in [1.165, 1.54) is 12.8 Å². The molecule has 2 aliphatic heterocycles. The lowest BCUT2D eigenvalue weighted by atomic mass is 9.48. The van der Waals surface area contributed by atoms with Crippen molar-refractivity contribution in [2.75, 3.05) is 19.7 Å². The molecule has 0 aromatic heterocycles. The van der Waals surface area contributed by atoms with E-state index in [0.29, 0.717) is 63.0 Å². The Morgan fingerprint density at radius 1 is 1.20 bits per heavy atom. The third-order valence-corrected chi connectivity index (χ3v) is 9.08. The molecule has 3 saturated carbocycles. The molecule has 4 aliphatic carbocycles. The Morgan fingerprint density at radius 2 is 2.00 bits per heavy atom. The molecule has 5 atom stereocenters. The molecule has 2 bridgehead atoms. The Kier molecular flexibility index (Phi) is 3.35. The monoisotopic (exact) mass is 411 g/mol. The van der Waals surface area contributed by atoms with Gasteiger partial charge in [-0.2, -0.15) is 0 Å². The fraction of sp³-hybridized carbons (Fsp3) is 0.708. The van der Waals surface area contributed by atoms with Crippen LogP contribution in [0.2, 0.25) is 0 Å². The normalized spacial score (nSPS) is 43.3. The van der Waals surface area contributed by atoms with Crippen molar-refractivity contribution in [3.63, 3.8) is 0 Å². The van der Waals surface area contributed by atoms with Crippen LogP contribution in [0.1, 0.15) is 56.1 Å². The van der Waals surface area contributed by atoms with Gasteiger partial charge in [0.25, 0.3) is 0 Å². The second-order valence-corrected chi connectivity index (χ2v) is 10.8. The number of phenols is 1. The molecule has 0 amide bonds. The van der Waals surface area contributed by atoms with E-state index >= 15 is 0 Å². The van der Waals surface area contributed by atoms with Gasteiger partial charge in [-0.25, -0.2) is 0 Å². The van der Waals surface area contributed by atoms with Crippen molar-refractivity contribution in [2.45, 2.75) is 74.5 Å². The van der Waals surface area contributed by atoms with Gasteiger partial charge in [-0.05, 0) is 49.7 Å². The average molecular weight is 411 g/mol. The maximum Gasteiger partial charge on any atom is 0.174 e. The van der Waals surface area contributed by atoms with Crippen molar-refractivity contribution in [1.29, 1.82) is 0 Å². The van der Waals surface area contributed by atoms with Crippen LogP contribution in [0, 0.1) is 17.0 Å². The predicted molar refractivity (Wildman–Crippen MR) is 108 cm³/mol. The lowest BCUT2D eigenvalue weighted by Gasteiger charge is -2.68. The molecule has 6 aliphatic rings. The molecule has 7 rings (SSSR count). The molecule has 2 unspecified atom stereocenters. The summed E-state index contributed by atoms with van der Waals surface area (Å²) in [6.45, 7) is 1.86. The van der Waals surface area contributed by atoms with Gasteiger partial charge < -0.3 is 24.4 Å². The molecule has 1 saturated heterocycles. The molecule has 1 aromatic rings. The van der Waals surface area contributed by atoms with Crippen molar-refractivity contribution in [3.05, 3.63) is 28.5 Å². The first-order chi connectivity index (χ1) is 14.5. The molecule has 0 radical (unpaired) electrons. The van der Waals surface area contributed by atoms with Gasteiger partial charge in [0, 0.05) is 30.7 Å². The summed E-state index contributed by atoms with van der Waals surface area (Å²) in [7, 11) is 0. The number of nitrogens with zero attached hydrogens (tertiary/aromatic N) is 1. The van der Waals surface area contributed by atoms with E-state index in [1.54, 1.807) is 6.07 Å². The fourth-order valence-electron chi connectivity index (χ4n) is 7.35. The lowest BCUT2D eigenvalue weighted by molar-refractivity contribution is -0.924. The Morgan fingerprint density at radius 3 is 2.77 bits per heavy atom. The number of rotatable bonds is 5. The average Bonchev–Trinajstić information content (AvgIpc) is 3.65. The highest BCUT2D eigenvalue weighted by atomic mass is 16.6. The van der Waals surface area contributed by atoms with Crippen LogP contribution in [-0.2, 0) is 21.4 Å². The Hall–Kier alpha value is -1.63. The third kappa shape index (κ3) is 2.08. The van der Waals surface area contributed by atoms with E-state index in [4.69, 9.17) is 9.47 Å². The highest BCUT2D eigenvalue weighted by Gasteiger charge is 2.77. The first-order valence-electron chi connectivity index (χ1n) is 11.7. The summed E-state index contributed by atoms with van der Waals surface area (Å²) in [6.07, 6.45) is 6.31. The molecule has 1 N–H and O–H groups in total. The van der Waals surface area contributed by atoms with Crippen LogP contribution in [0.5, 0.6) is 11.5 Å². The van der Waals surface area contributed by atoms with Crippen molar-refractivity contribution < 1.29 is 24.0 Å². The number of hydrogen-bond acceptors (Lipinski definition) is 5. The standard InChI is InChI=1S/C24H29NO5/c26-17-6-5-16-11-19-24(29-13-15-3-4-15)8-7-18(27)22-23(24,20(16)21(17)30-22)9-10-25(19,28)12-14-1-2-14/h5-6,14-15,19,22,26H,1-4,7-13H2/t19-,22?,23+,24-,25?/m1/s1. The van der Waals surface area contributed by atoms with Gasteiger partial charge in [-0.3, -0.25) is 4.79 Å². The molecule has 6 heteroatoms. The number of carbonyl (C=O) groups is 1. The third-order valence-electron chi connectivity index (χ3n) is 9.08. The number of ketones is 1. The summed E-state index contributed by atoms with van der Waals surface area (Å²) in [5, 5.41) is 25.0. The molecular weight excluding hydrogens is 382 g/mol. The summed E-state index contributed by atoms with van der Waals surface area (Å²) in [5.41, 5.74) is 0.753. The Balaban J connectivity index is 1.45. The number of quaternary nitrogens is 1. The van der Waals surface area contributed by atoms with Crippen LogP contribution in [0.4, 0.5) is 0 Å². The van der Waals surface area contributed by atoms with Crippen molar-refractivity contribution in [2.24, 2.45) is 11.8 Å². The first kappa shape index (κ1) is 18.0. The summed E-state index contributed by atoms with van der Waals surface area (Å²) >= 11 is 0. The van der Waals surface area contributed by atoms with Gasteiger partial charge in [0.2, 0.25) is 0 Å². The quantitative estimate of drug-likeness (QED) is 0.595. The number of phenolic OH excluding ortho intramolecular Hbond substituents is 1. The summed E-state index contributed by atoms with van der Waals surface area (Å²) in [4.78, 5) is 13.1. The van der Waals surface area contributed by atoms with Gasteiger partial charge in [0.15, 0.2) is 23.4 Å². The molecule has 6 nitrogen and oxygen atoms in total. The maximum atomic E-state index is 14.4. The first-order valence-corrected chi connectivity index (χ1v) is 11.7. The highest BCUT2D eigenvalue weighted by molar-refractivity contribution is 5.90. The highest BCUT2D eigenvalue weighted by Crippen LogP contribution is 2.67. The number of hydroxylamine groups is 3. The minimum absolute atomic E-state index is 0.0935. The van der Waals surface area contributed by atoms with Crippen LogP contribution in [0.25, 0.3) is 0 Å². The maximum absolute atomic E-state index is 14.4. The second kappa shape index (κ2) is 5.59. The molecule has 1 aromatic carbocycles. The van der Waals surface area contributed by atoms with E-state index in [-0.39, 0.29) is 22.2 Å². The summed E-state index contributed by atoms with van der Waals surface area (Å²) in [6, 6.07) is 3.42. The smallest absolute Gasteiger partial charge is 0.174 e. The van der Waals surface area contributed by atoms with Gasteiger partial charge >= 0.3 is 0 Å². The van der Waals surface area contributed by atoms with Crippen LogP contribution < -0.4 is 4.74 Å². The van der Waals surface area contributed by atoms with Gasteiger partial charge in [-0.15, -0.1) is 0 Å². The van der Waals surface area contributed by atoms with Gasteiger partial charge in [0.1, 0.15) is 11.6 Å². The number of hydrogen-bond donors (Lipinski definition) is 1. The largest absolute Gasteiger partial charge is 0.632 e. The molecule has 4 fully saturated rings. The minimum Gasteiger partial charge on any atom is -0.632 e. The minimum atomic E-state index is -0.672. The summed E-state index contributed by atoms with van der Waals surface area (Å²) < 4.78 is 12.9. The van der Waals surface area contributed by atoms with Gasteiger partial charge in [0.05, 0.1) is 25.1 Å². The van der Waals surface area contributed by atoms with Gasteiger partial charge in [-0.1, -0.05) is 6.07 Å². The zero-order chi connectivity index (χ0) is 20.3. The van der Waals surface area contributed by atoms with E-state index in [9.17, 15) is 15.1 Å². The zero-order valence-electron chi connectivity index (χ0n) is 17.3. The Labute approximate surface area is 176 Å². The van der Waals surface area contributed by atoms with Crippen molar-refractivity contribution in [1.82, 2.24) is 0 Å². The molecule has 1 spiro atoms. The number of Topliss-reactive ketones (excluding diaryl/α,β-unsaturated/α-hetero) is 1. The number of aromatic hydroxyl groups is 1. The van der Waals surface area contributed by atoms with E-state index < -0.39 is 17.1 Å². The number of carbonyl (C=O) groups excluding carboxylic acids is 1. The molecule has 30 heavy (non-hydrogen) atoms. The van der Waals surface area contributed by atoms with Crippen LogP contribution in [0.3, 0.4) is 0 Å². The zero-order valence-corrected chi connectivity index (χ0v) is 17.3. The van der Waals surface area contributed by atoms with Crippen LogP contribution in [-0.4, -0.2) is 53.0 Å². The number of likely N-dealkylation sites (tertiary alicyclic amines) is 1. The van der Waals surface area contributed by atoms with Crippen LogP contribution in [0.15, 0.2) is 12.1 Å². The van der Waals surface area contributed by atoms with E-state index in [2.05, 4.69) is 0 Å². The lowest BCUT2D eigenvalue weighted by Crippen LogP contribution is -2.81.